The van der Waals surface area contributed by atoms with Crippen LogP contribution in [0.3, 0.4) is 0 Å². The highest BCUT2D eigenvalue weighted by atomic mass is 35.5. The first-order valence-electron chi connectivity index (χ1n) is 5.38. The third kappa shape index (κ3) is 3.03. The van der Waals surface area contributed by atoms with E-state index in [2.05, 4.69) is 4.90 Å². The second-order valence-electron chi connectivity index (χ2n) is 3.99. The van der Waals surface area contributed by atoms with Gasteiger partial charge in [-0.05, 0) is 43.6 Å². The van der Waals surface area contributed by atoms with Gasteiger partial charge in [-0.1, -0.05) is 6.07 Å². The van der Waals surface area contributed by atoms with E-state index in [1.165, 1.54) is 31.5 Å². The lowest BCUT2D eigenvalue weighted by molar-refractivity contribution is 0.329. The lowest BCUT2D eigenvalue weighted by Gasteiger charge is -2.15. The summed E-state index contributed by atoms with van der Waals surface area (Å²) in [5.74, 6) is 0.773. The summed E-state index contributed by atoms with van der Waals surface area (Å²) in [7, 11) is 1.58. The zero-order valence-corrected chi connectivity index (χ0v) is 10.3. The molecular weight excluding hydrogens is 226 g/mol. The summed E-state index contributed by atoms with van der Waals surface area (Å²) in [4.78, 5) is 2.42. The fraction of sp³-hybridized carbons (Fsp3) is 0.500. The molecule has 0 aromatic heterocycles. The number of rotatable bonds is 3. The van der Waals surface area contributed by atoms with Gasteiger partial charge in [0, 0.05) is 6.54 Å². The Morgan fingerprint density at radius 3 is 2.62 bits per heavy atom. The molecule has 16 heavy (non-hydrogen) atoms. The molecule has 0 aliphatic carbocycles. The van der Waals surface area contributed by atoms with Gasteiger partial charge in [-0.15, -0.1) is 12.4 Å². The minimum absolute atomic E-state index is 0. The minimum Gasteiger partial charge on any atom is -0.504 e. The first kappa shape index (κ1) is 13.1. The van der Waals surface area contributed by atoms with Crippen LogP contribution in [0.4, 0.5) is 0 Å². The third-order valence-electron chi connectivity index (χ3n) is 2.85. The van der Waals surface area contributed by atoms with E-state index in [9.17, 15) is 5.11 Å². The maximum absolute atomic E-state index is 9.46. The molecule has 1 heterocycles. The molecule has 3 nitrogen and oxygen atoms in total. The van der Waals surface area contributed by atoms with Gasteiger partial charge < -0.3 is 9.84 Å². The normalized spacial score (nSPS) is 15.8. The molecule has 1 aliphatic heterocycles. The van der Waals surface area contributed by atoms with Crippen LogP contribution >= 0.6 is 12.4 Å². The van der Waals surface area contributed by atoms with Crippen LogP contribution in [-0.2, 0) is 6.54 Å². The number of phenolic OH excluding ortho intramolecular Hbond substituents is 1. The van der Waals surface area contributed by atoms with Gasteiger partial charge in [-0.2, -0.15) is 0 Å². The monoisotopic (exact) mass is 243 g/mol. The van der Waals surface area contributed by atoms with Crippen molar-refractivity contribution in [1.29, 1.82) is 0 Å². The number of ether oxygens (including phenoxy) is 1. The number of likely N-dealkylation sites (tertiary alicyclic amines) is 1. The summed E-state index contributed by atoms with van der Waals surface area (Å²) in [5.41, 5.74) is 1.20. The van der Waals surface area contributed by atoms with Gasteiger partial charge >= 0.3 is 0 Å². The van der Waals surface area contributed by atoms with E-state index in [1.807, 2.05) is 12.1 Å². The molecule has 0 spiro atoms. The lowest BCUT2D eigenvalue weighted by atomic mass is 10.2. The molecule has 90 valence electrons. The van der Waals surface area contributed by atoms with Crippen molar-refractivity contribution in [1.82, 2.24) is 4.90 Å². The lowest BCUT2D eigenvalue weighted by Crippen LogP contribution is -2.18. The molecule has 4 heteroatoms. The number of aromatic hydroxyl groups is 1. The number of hydrogen-bond acceptors (Lipinski definition) is 3. The molecular formula is C12H18ClNO2. The molecule has 0 unspecified atom stereocenters. The Kier molecular flexibility index (Phi) is 4.90. The van der Waals surface area contributed by atoms with E-state index < -0.39 is 0 Å². The van der Waals surface area contributed by atoms with Crippen molar-refractivity contribution in [2.24, 2.45) is 0 Å². The number of benzene rings is 1. The molecule has 0 radical (unpaired) electrons. The molecule has 2 rings (SSSR count). The van der Waals surface area contributed by atoms with Crippen molar-refractivity contribution >= 4 is 12.4 Å². The molecule has 0 saturated carbocycles. The fourth-order valence-corrected chi connectivity index (χ4v) is 2.02. The van der Waals surface area contributed by atoms with Gasteiger partial charge in [0.05, 0.1) is 7.11 Å². The van der Waals surface area contributed by atoms with E-state index in [0.717, 1.165) is 6.54 Å². The first-order valence-corrected chi connectivity index (χ1v) is 5.38. The summed E-state index contributed by atoms with van der Waals surface area (Å²) in [6.45, 7) is 3.32. The average molecular weight is 244 g/mol. The minimum atomic E-state index is 0. The van der Waals surface area contributed by atoms with Crippen LogP contribution in [-0.4, -0.2) is 30.2 Å². The van der Waals surface area contributed by atoms with Gasteiger partial charge in [0.2, 0.25) is 0 Å². The highest BCUT2D eigenvalue weighted by Gasteiger charge is 2.12. The molecule has 1 aromatic carbocycles. The summed E-state index contributed by atoms with van der Waals surface area (Å²) < 4.78 is 5.08. The van der Waals surface area contributed by atoms with Crippen LogP contribution < -0.4 is 4.74 Å². The summed E-state index contributed by atoms with van der Waals surface area (Å²) in [6, 6.07) is 5.56. The Bertz CT molecular complexity index is 338. The van der Waals surface area contributed by atoms with Crippen LogP contribution in [0, 0.1) is 0 Å². The van der Waals surface area contributed by atoms with Gasteiger partial charge in [0.15, 0.2) is 11.5 Å². The number of nitrogens with zero attached hydrogens (tertiary/aromatic N) is 1. The van der Waals surface area contributed by atoms with Crippen molar-refractivity contribution in [2.45, 2.75) is 19.4 Å². The number of phenols is 1. The van der Waals surface area contributed by atoms with Gasteiger partial charge in [0.25, 0.3) is 0 Å². The number of halogens is 1. The zero-order chi connectivity index (χ0) is 10.7. The molecule has 1 aliphatic rings. The molecule has 1 aromatic rings. The number of hydrogen-bond donors (Lipinski definition) is 1. The van der Waals surface area contributed by atoms with Crippen molar-refractivity contribution in [3.8, 4) is 11.5 Å². The second-order valence-corrected chi connectivity index (χ2v) is 3.99. The first-order chi connectivity index (χ1) is 7.29. The van der Waals surface area contributed by atoms with Gasteiger partial charge in [0.1, 0.15) is 0 Å². The molecule has 0 amide bonds. The standard InChI is InChI=1S/C12H17NO2.ClH/c1-15-12-8-10(4-5-11(12)14)9-13-6-2-3-7-13;/h4-5,8,14H,2-3,6-7,9H2,1H3;1H. The number of methoxy groups -OCH3 is 1. The second kappa shape index (κ2) is 5.97. The Labute approximate surface area is 102 Å². The summed E-state index contributed by atoms with van der Waals surface area (Å²) in [6.07, 6.45) is 2.60. The molecule has 1 saturated heterocycles. The average Bonchev–Trinajstić information content (AvgIpc) is 2.73. The Morgan fingerprint density at radius 1 is 1.31 bits per heavy atom. The topological polar surface area (TPSA) is 32.7 Å². The Balaban J connectivity index is 0.00000128. The van der Waals surface area contributed by atoms with E-state index >= 15 is 0 Å². The zero-order valence-electron chi connectivity index (χ0n) is 9.48. The Morgan fingerprint density at radius 2 is 2.00 bits per heavy atom. The molecule has 0 atom stereocenters. The van der Waals surface area contributed by atoms with E-state index in [4.69, 9.17) is 4.74 Å². The van der Waals surface area contributed by atoms with Gasteiger partial charge in [-0.3, -0.25) is 4.90 Å². The fourth-order valence-electron chi connectivity index (χ4n) is 2.02. The van der Waals surface area contributed by atoms with Crippen molar-refractivity contribution in [3.63, 3.8) is 0 Å². The molecule has 1 fully saturated rings. The van der Waals surface area contributed by atoms with Gasteiger partial charge in [-0.25, -0.2) is 0 Å². The van der Waals surface area contributed by atoms with Crippen LogP contribution in [0.25, 0.3) is 0 Å². The maximum Gasteiger partial charge on any atom is 0.160 e. The maximum atomic E-state index is 9.46. The molecule has 1 N–H and O–H groups in total. The van der Waals surface area contributed by atoms with E-state index in [1.54, 1.807) is 13.2 Å². The highest BCUT2D eigenvalue weighted by molar-refractivity contribution is 5.85. The summed E-state index contributed by atoms with van der Waals surface area (Å²) in [5, 5.41) is 9.46. The van der Waals surface area contributed by atoms with Crippen molar-refractivity contribution in [3.05, 3.63) is 23.8 Å². The van der Waals surface area contributed by atoms with Crippen molar-refractivity contribution < 1.29 is 9.84 Å². The van der Waals surface area contributed by atoms with E-state index in [0.29, 0.717) is 5.75 Å². The largest absolute Gasteiger partial charge is 0.504 e. The SMILES string of the molecule is COc1cc(CN2CCCC2)ccc1O.Cl. The van der Waals surface area contributed by atoms with Crippen LogP contribution in [0.5, 0.6) is 11.5 Å². The Hall–Kier alpha value is -0.930. The smallest absolute Gasteiger partial charge is 0.160 e. The predicted molar refractivity (Wildman–Crippen MR) is 66.4 cm³/mol. The quantitative estimate of drug-likeness (QED) is 0.885. The predicted octanol–water partition coefficient (Wildman–Crippen LogP) is 2.42. The third-order valence-corrected chi connectivity index (χ3v) is 2.85. The van der Waals surface area contributed by atoms with Crippen LogP contribution in [0.15, 0.2) is 18.2 Å². The highest BCUT2D eigenvalue weighted by Crippen LogP contribution is 2.27. The van der Waals surface area contributed by atoms with Crippen molar-refractivity contribution in [2.75, 3.05) is 20.2 Å². The van der Waals surface area contributed by atoms with Crippen LogP contribution in [0.1, 0.15) is 18.4 Å². The van der Waals surface area contributed by atoms with E-state index in [-0.39, 0.29) is 18.2 Å². The van der Waals surface area contributed by atoms with Crippen LogP contribution in [0.2, 0.25) is 0 Å². The summed E-state index contributed by atoms with van der Waals surface area (Å²) >= 11 is 0. The molecule has 0 bridgehead atoms.